The molecule has 0 radical (unpaired) electrons. The number of phenolic OH excluding ortho intramolecular Hbond substituents is 1. The van der Waals surface area contributed by atoms with E-state index in [1.165, 1.54) is 36.0 Å². The Labute approximate surface area is 206 Å². The average Bonchev–Trinajstić information content (AvgIpc) is 2.90. The van der Waals surface area contributed by atoms with Crippen molar-refractivity contribution in [3.63, 3.8) is 0 Å². The molecule has 0 spiro atoms. The van der Waals surface area contributed by atoms with E-state index in [1.54, 1.807) is 42.5 Å². The Hall–Kier alpha value is -4.42. The molecular weight excluding hydrogens is 464 g/mol. The van der Waals surface area contributed by atoms with Crippen molar-refractivity contribution in [2.24, 2.45) is 0 Å². The predicted octanol–water partition coefficient (Wildman–Crippen LogP) is 6.05. The van der Waals surface area contributed by atoms with E-state index in [0.717, 1.165) is 0 Å². The second kappa shape index (κ2) is 11.6. The fourth-order valence-electron chi connectivity index (χ4n) is 3.30. The molecule has 1 aromatic heterocycles. The summed E-state index contributed by atoms with van der Waals surface area (Å²) in [6.07, 6.45) is 5.36. The number of pyridine rings is 1. The summed E-state index contributed by atoms with van der Waals surface area (Å²) in [6, 6.07) is 16.0. The van der Waals surface area contributed by atoms with Crippen LogP contribution in [0.5, 0.6) is 5.75 Å². The summed E-state index contributed by atoms with van der Waals surface area (Å²) in [5.41, 5.74) is 1.35. The Kier molecular flexibility index (Phi) is 8.38. The molecule has 0 bridgehead atoms. The molecule has 2 N–H and O–H groups in total. The first-order valence-electron chi connectivity index (χ1n) is 10.8. The van der Waals surface area contributed by atoms with Crippen LogP contribution in [0.1, 0.15) is 19.4 Å². The number of non-ortho nitro benzene ring substituents is 1. The van der Waals surface area contributed by atoms with Crippen LogP contribution in [0.4, 0.5) is 11.5 Å². The standard InChI is InChI=1S/C24H16N4O4S.C2H6/c25-14-19-18(15-6-5-7-16(12-15)28(31)32)13-20(17-8-1-2-9-21(17)29)26-23(19)27-24(30)22-10-3-4-11-33-22;1-2/h1-10,12-13,29H,11H2,(H,26,27,30);1-2H3. The molecule has 0 atom stereocenters. The molecule has 0 unspecified atom stereocenters. The van der Waals surface area contributed by atoms with Gasteiger partial charge < -0.3 is 10.4 Å². The van der Waals surface area contributed by atoms with Crippen LogP contribution in [0.2, 0.25) is 0 Å². The molecule has 4 rings (SSSR count). The second-order valence-corrected chi connectivity index (χ2v) is 8.00. The van der Waals surface area contributed by atoms with Crippen LogP contribution in [0.25, 0.3) is 22.4 Å². The summed E-state index contributed by atoms with van der Waals surface area (Å²) in [4.78, 5) is 28.5. The zero-order chi connectivity index (χ0) is 25.4. The van der Waals surface area contributed by atoms with Gasteiger partial charge in [-0.2, -0.15) is 5.26 Å². The number of nitro benzene ring substituents is 1. The van der Waals surface area contributed by atoms with Gasteiger partial charge in [-0.15, -0.1) is 11.8 Å². The SMILES string of the molecule is CC.N#Cc1c(-c2cccc([N+](=O)[O-])c2)cc(-c2ccccc2O)nc1NC(=O)C1=CC=CCS1. The second-order valence-electron chi connectivity index (χ2n) is 6.94. The normalized spacial score (nSPS) is 12.0. The number of nitrogens with zero attached hydrogens (tertiary/aromatic N) is 3. The molecule has 9 heteroatoms. The Balaban J connectivity index is 0.00000167. The number of phenols is 1. The van der Waals surface area contributed by atoms with Crippen LogP contribution in [0.15, 0.2) is 77.7 Å². The van der Waals surface area contributed by atoms with E-state index in [4.69, 9.17) is 0 Å². The number of para-hydroxylation sites is 1. The van der Waals surface area contributed by atoms with Crippen molar-refractivity contribution >= 4 is 29.2 Å². The molecule has 1 amide bonds. The highest BCUT2D eigenvalue weighted by molar-refractivity contribution is 8.04. The number of hydrogen-bond donors (Lipinski definition) is 2. The fraction of sp³-hybridized carbons (Fsp3) is 0.115. The first kappa shape index (κ1) is 25.2. The van der Waals surface area contributed by atoms with E-state index in [2.05, 4.69) is 16.4 Å². The van der Waals surface area contributed by atoms with Crippen LogP contribution in [0.3, 0.4) is 0 Å². The van der Waals surface area contributed by atoms with Crippen LogP contribution in [-0.2, 0) is 4.79 Å². The Morgan fingerprint density at radius 3 is 2.60 bits per heavy atom. The molecule has 35 heavy (non-hydrogen) atoms. The highest BCUT2D eigenvalue weighted by Crippen LogP contribution is 2.36. The van der Waals surface area contributed by atoms with Crippen LogP contribution in [0, 0.1) is 21.4 Å². The Morgan fingerprint density at radius 2 is 1.94 bits per heavy atom. The van der Waals surface area contributed by atoms with Gasteiger partial charge in [-0.05, 0) is 29.8 Å². The lowest BCUT2D eigenvalue weighted by Crippen LogP contribution is -2.16. The lowest BCUT2D eigenvalue weighted by atomic mass is 9.97. The Morgan fingerprint density at radius 1 is 1.17 bits per heavy atom. The van der Waals surface area contributed by atoms with Gasteiger partial charge in [0.1, 0.15) is 17.4 Å². The lowest BCUT2D eigenvalue weighted by Gasteiger charge is -2.15. The summed E-state index contributed by atoms with van der Waals surface area (Å²) in [5.74, 6) is 0.190. The van der Waals surface area contributed by atoms with Gasteiger partial charge in [-0.25, -0.2) is 4.98 Å². The third-order valence-electron chi connectivity index (χ3n) is 4.85. The van der Waals surface area contributed by atoms with E-state index >= 15 is 0 Å². The molecule has 0 fully saturated rings. The predicted molar refractivity (Wildman–Crippen MR) is 138 cm³/mol. The maximum absolute atomic E-state index is 12.8. The summed E-state index contributed by atoms with van der Waals surface area (Å²) in [6.45, 7) is 4.00. The van der Waals surface area contributed by atoms with Gasteiger partial charge in [0.15, 0.2) is 5.82 Å². The van der Waals surface area contributed by atoms with Crippen molar-refractivity contribution in [2.45, 2.75) is 13.8 Å². The number of nitrogens with one attached hydrogen (secondary N) is 1. The van der Waals surface area contributed by atoms with Crippen molar-refractivity contribution in [3.05, 3.63) is 93.4 Å². The fourth-order valence-corrected chi connectivity index (χ4v) is 4.04. The average molecular weight is 487 g/mol. The molecule has 0 aliphatic carbocycles. The van der Waals surface area contributed by atoms with E-state index in [-0.39, 0.29) is 22.8 Å². The largest absolute Gasteiger partial charge is 0.507 e. The smallest absolute Gasteiger partial charge is 0.270 e. The van der Waals surface area contributed by atoms with Gasteiger partial charge in [-0.1, -0.05) is 50.3 Å². The van der Waals surface area contributed by atoms with Crippen molar-refractivity contribution in [1.82, 2.24) is 4.98 Å². The molecule has 1 aliphatic heterocycles. The topological polar surface area (TPSA) is 129 Å². The number of nitriles is 1. The first-order valence-corrected chi connectivity index (χ1v) is 11.8. The maximum atomic E-state index is 12.8. The summed E-state index contributed by atoms with van der Waals surface area (Å²) in [7, 11) is 0. The van der Waals surface area contributed by atoms with Crippen molar-refractivity contribution in [2.75, 3.05) is 11.1 Å². The summed E-state index contributed by atoms with van der Waals surface area (Å²) in [5, 5.41) is 34.2. The van der Waals surface area contributed by atoms with Crippen LogP contribution < -0.4 is 5.32 Å². The van der Waals surface area contributed by atoms with Crippen molar-refractivity contribution in [1.29, 1.82) is 5.26 Å². The number of anilines is 1. The molecule has 8 nitrogen and oxygen atoms in total. The summed E-state index contributed by atoms with van der Waals surface area (Å²) >= 11 is 1.35. The first-order chi connectivity index (χ1) is 17.0. The Bertz CT molecular complexity index is 1380. The number of amides is 1. The molecule has 2 heterocycles. The molecule has 3 aromatic rings. The van der Waals surface area contributed by atoms with Gasteiger partial charge in [0.2, 0.25) is 0 Å². The minimum Gasteiger partial charge on any atom is -0.507 e. The lowest BCUT2D eigenvalue weighted by molar-refractivity contribution is -0.384. The third kappa shape index (κ3) is 5.75. The number of hydrogen-bond acceptors (Lipinski definition) is 7. The van der Waals surface area contributed by atoms with Gasteiger partial charge in [-0.3, -0.25) is 14.9 Å². The van der Waals surface area contributed by atoms with E-state index in [9.17, 15) is 25.3 Å². The number of thioether (sulfide) groups is 1. The van der Waals surface area contributed by atoms with Gasteiger partial charge >= 0.3 is 0 Å². The van der Waals surface area contributed by atoms with Crippen LogP contribution in [-0.4, -0.2) is 26.7 Å². The zero-order valence-electron chi connectivity index (χ0n) is 19.1. The number of aromatic nitrogens is 1. The van der Waals surface area contributed by atoms with E-state index < -0.39 is 10.8 Å². The van der Waals surface area contributed by atoms with Crippen molar-refractivity contribution in [3.8, 4) is 34.2 Å². The quantitative estimate of drug-likeness (QED) is 0.331. The molecular formula is C26H22N4O4S. The van der Waals surface area contributed by atoms with Crippen molar-refractivity contribution < 1.29 is 14.8 Å². The minimum absolute atomic E-state index is 0.000752. The summed E-state index contributed by atoms with van der Waals surface area (Å²) < 4.78 is 0. The molecule has 0 saturated heterocycles. The number of allylic oxidation sites excluding steroid dienone is 2. The number of benzene rings is 2. The van der Waals surface area contributed by atoms with E-state index in [1.807, 2.05) is 19.9 Å². The maximum Gasteiger partial charge on any atom is 0.270 e. The number of carbonyl (C=O) groups excluding carboxylic acids is 1. The van der Waals surface area contributed by atoms with Gasteiger partial charge in [0.05, 0.1) is 15.5 Å². The van der Waals surface area contributed by atoms with Gasteiger partial charge in [0.25, 0.3) is 11.6 Å². The molecule has 2 aromatic carbocycles. The number of aromatic hydroxyl groups is 1. The zero-order valence-corrected chi connectivity index (χ0v) is 19.9. The monoisotopic (exact) mass is 486 g/mol. The third-order valence-corrected chi connectivity index (χ3v) is 5.85. The number of carbonyl (C=O) groups is 1. The molecule has 176 valence electrons. The molecule has 0 saturated carbocycles. The highest BCUT2D eigenvalue weighted by atomic mass is 32.2. The number of rotatable bonds is 5. The van der Waals surface area contributed by atoms with Gasteiger partial charge in [0, 0.05) is 29.0 Å². The minimum atomic E-state index is -0.524. The van der Waals surface area contributed by atoms with E-state index in [0.29, 0.717) is 33.0 Å². The molecule has 1 aliphatic rings. The number of nitro groups is 1. The highest BCUT2D eigenvalue weighted by Gasteiger charge is 2.21. The van der Waals surface area contributed by atoms with Crippen LogP contribution >= 0.6 is 11.8 Å².